The van der Waals surface area contributed by atoms with Gasteiger partial charge in [-0.05, 0) is 25.4 Å². The fraction of sp³-hybridized carbons (Fsp3) is 1.00. The number of hydrogen-bond donors (Lipinski definition) is 1. The first-order valence-corrected chi connectivity index (χ1v) is 5.14. The molecule has 1 nitrogen and oxygen atoms in total. The van der Waals surface area contributed by atoms with Crippen LogP contribution in [0.1, 0.15) is 45.4 Å². The van der Waals surface area contributed by atoms with Crippen LogP contribution >= 0.6 is 12.4 Å². The molecule has 1 N–H and O–H groups in total. The number of halogens is 1. The summed E-state index contributed by atoms with van der Waals surface area (Å²) >= 11 is 0. The summed E-state index contributed by atoms with van der Waals surface area (Å²) in [4.78, 5) is 0. The highest BCUT2D eigenvalue weighted by atomic mass is 35.5. The minimum absolute atomic E-state index is 0. The molecule has 1 aliphatic rings. The van der Waals surface area contributed by atoms with Crippen LogP contribution in [0.5, 0.6) is 0 Å². The van der Waals surface area contributed by atoms with Gasteiger partial charge in [0.15, 0.2) is 0 Å². The zero-order valence-electron chi connectivity index (χ0n) is 8.14. The smallest absolute Gasteiger partial charge is 0.00464 e. The van der Waals surface area contributed by atoms with E-state index in [9.17, 15) is 0 Å². The molecule has 1 aliphatic carbocycles. The van der Waals surface area contributed by atoms with Gasteiger partial charge in [0.2, 0.25) is 0 Å². The van der Waals surface area contributed by atoms with E-state index in [0.29, 0.717) is 0 Å². The Kier molecular flexibility index (Phi) is 8.04. The van der Waals surface area contributed by atoms with Crippen LogP contribution in [0.3, 0.4) is 0 Å². The Morgan fingerprint density at radius 1 is 1.17 bits per heavy atom. The second-order valence-electron chi connectivity index (χ2n) is 3.65. The molecular formula is C10H22ClN. The van der Waals surface area contributed by atoms with E-state index in [1.54, 1.807) is 0 Å². The van der Waals surface area contributed by atoms with Crippen molar-refractivity contribution >= 4 is 12.4 Å². The van der Waals surface area contributed by atoms with Crippen molar-refractivity contribution < 1.29 is 0 Å². The highest BCUT2D eigenvalue weighted by Crippen LogP contribution is 2.25. The Bertz CT molecular complexity index is 89.8. The van der Waals surface area contributed by atoms with Crippen LogP contribution < -0.4 is 5.32 Å². The molecule has 74 valence electrons. The molecule has 1 saturated carbocycles. The molecule has 0 heterocycles. The summed E-state index contributed by atoms with van der Waals surface area (Å²) in [6, 6.07) is 0. The Morgan fingerprint density at radius 3 is 2.42 bits per heavy atom. The number of rotatable bonds is 4. The second-order valence-corrected chi connectivity index (χ2v) is 3.65. The van der Waals surface area contributed by atoms with Crippen LogP contribution in [0, 0.1) is 5.92 Å². The third-order valence-corrected chi connectivity index (χ3v) is 2.70. The van der Waals surface area contributed by atoms with Crippen molar-refractivity contribution in [2.45, 2.75) is 45.4 Å². The monoisotopic (exact) mass is 191 g/mol. The summed E-state index contributed by atoms with van der Waals surface area (Å²) in [6.45, 7) is 4.55. The zero-order chi connectivity index (χ0) is 7.94. The molecule has 0 spiro atoms. The van der Waals surface area contributed by atoms with Crippen LogP contribution in [0.15, 0.2) is 0 Å². The quantitative estimate of drug-likeness (QED) is 0.674. The van der Waals surface area contributed by atoms with E-state index in [4.69, 9.17) is 0 Å². The first-order valence-electron chi connectivity index (χ1n) is 5.14. The minimum atomic E-state index is 0. The Balaban J connectivity index is 0.00000121. The molecule has 1 fully saturated rings. The van der Waals surface area contributed by atoms with Crippen LogP contribution in [-0.4, -0.2) is 13.1 Å². The Morgan fingerprint density at radius 2 is 1.83 bits per heavy atom. The average Bonchev–Trinajstić information content (AvgIpc) is 2.07. The van der Waals surface area contributed by atoms with Crippen LogP contribution in [0.2, 0.25) is 0 Å². The van der Waals surface area contributed by atoms with E-state index in [2.05, 4.69) is 12.2 Å². The van der Waals surface area contributed by atoms with E-state index in [1.807, 2.05) is 0 Å². The SMILES string of the molecule is CCNCCC1CCCCC1.Cl. The maximum Gasteiger partial charge on any atom is -0.00464 e. The minimum Gasteiger partial charge on any atom is -0.317 e. The third kappa shape index (κ3) is 5.00. The lowest BCUT2D eigenvalue weighted by molar-refractivity contribution is 0.335. The van der Waals surface area contributed by atoms with E-state index in [0.717, 1.165) is 12.5 Å². The highest BCUT2D eigenvalue weighted by molar-refractivity contribution is 5.85. The lowest BCUT2D eigenvalue weighted by atomic mass is 9.87. The molecule has 12 heavy (non-hydrogen) atoms. The predicted molar refractivity (Wildman–Crippen MR) is 57.0 cm³/mol. The standard InChI is InChI=1S/C10H21N.ClH/c1-2-11-9-8-10-6-4-3-5-7-10;/h10-11H,2-9H2,1H3;1H. The lowest BCUT2D eigenvalue weighted by Gasteiger charge is -2.21. The Hall–Kier alpha value is 0.250. The number of hydrogen-bond acceptors (Lipinski definition) is 1. The molecule has 0 aromatic rings. The molecule has 0 aliphatic heterocycles. The number of nitrogens with one attached hydrogen (secondary N) is 1. The van der Waals surface area contributed by atoms with Crippen molar-refractivity contribution in [3.05, 3.63) is 0 Å². The molecule has 0 bridgehead atoms. The maximum absolute atomic E-state index is 3.40. The zero-order valence-corrected chi connectivity index (χ0v) is 8.96. The van der Waals surface area contributed by atoms with Gasteiger partial charge in [-0.15, -0.1) is 12.4 Å². The molecule has 0 atom stereocenters. The van der Waals surface area contributed by atoms with Gasteiger partial charge in [-0.25, -0.2) is 0 Å². The predicted octanol–water partition coefficient (Wildman–Crippen LogP) is 2.99. The fourth-order valence-corrected chi connectivity index (χ4v) is 1.96. The van der Waals surface area contributed by atoms with Gasteiger partial charge in [0.05, 0.1) is 0 Å². The van der Waals surface area contributed by atoms with Gasteiger partial charge >= 0.3 is 0 Å². The van der Waals surface area contributed by atoms with Crippen molar-refractivity contribution in [1.29, 1.82) is 0 Å². The summed E-state index contributed by atoms with van der Waals surface area (Å²) < 4.78 is 0. The van der Waals surface area contributed by atoms with Crippen molar-refractivity contribution in [1.82, 2.24) is 5.32 Å². The van der Waals surface area contributed by atoms with E-state index in [1.165, 1.54) is 45.1 Å². The van der Waals surface area contributed by atoms with Crippen LogP contribution in [0.25, 0.3) is 0 Å². The topological polar surface area (TPSA) is 12.0 Å². The molecule has 0 aromatic heterocycles. The van der Waals surface area contributed by atoms with Gasteiger partial charge in [-0.2, -0.15) is 0 Å². The molecule has 1 rings (SSSR count). The summed E-state index contributed by atoms with van der Waals surface area (Å²) in [5.41, 5.74) is 0. The fourth-order valence-electron chi connectivity index (χ4n) is 1.96. The molecular weight excluding hydrogens is 170 g/mol. The van der Waals surface area contributed by atoms with Gasteiger partial charge in [0, 0.05) is 0 Å². The lowest BCUT2D eigenvalue weighted by Crippen LogP contribution is -2.18. The molecule has 0 saturated heterocycles. The molecule has 0 unspecified atom stereocenters. The first kappa shape index (κ1) is 12.2. The van der Waals surface area contributed by atoms with Gasteiger partial charge in [-0.3, -0.25) is 0 Å². The summed E-state index contributed by atoms with van der Waals surface area (Å²) in [5, 5.41) is 3.40. The van der Waals surface area contributed by atoms with E-state index < -0.39 is 0 Å². The van der Waals surface area contributed by atoms with Crippen molar-refractivity contribution in [3.63, 3.8) is 0 Å². The van der Waals surface area contributed by atoms with Crippen LogP contribution in [-0.2, 0) is 0 Å². The van der Waals surface area contributed by atoms with Crippen molar-refractivity contribution in [3.8, 4) is 0 Å². The Labute approximate surface area is 82.7 Å². The molecule has 0 aromatic carbocycles. The third-order valence-electron chi connectivity index (χ3n) is 2.70. The summed E-state index contributed by atoms with van der Waals surface area (Å²) in [6.07, 6.45) is 8.84. The van der Waals surface area contributed by atoms with Crippen molar-refractivity contribution in [2.24, 2.45) is 5.92 Å². The largest absolute Gasteiger partial charge is 0.317 e. The molecule has 0 radical (unpaired) electrons. The molecule has 0 amide bonds. The molecule has 2 heteroatoms. The van der Waals surface area contributed by atoms with Gasteiger partial charge < -0.3 is 5.32 Å². The first-order chi connectivity index (χ1) is 5.43. The highest BCUT2D eigenvalue weighted by Gasteiger charge is 2.11. The van der Waals surface area contributed by atoms with E-state index in [-0.39, 0.29) is 12.4 Å². The second kappa shape index (κ2) is 7.88. The van der Waals surface area contributed by atoms with Crippen molar-refractivity contribution in [2.75, 3.05) is 13.1 Å². The van der Waals surface area contributed by atoms with Gasteiger partial charge in [0.25, 0.3) is 0 Å². The van der Waals surface area contributed by atoms with Gasteiger partial charge in [-0.1, -0.05) is 39.0 Å². The average molecular weight is 192 g/mol. The summed E-state index contributed by atoms with van der Waals surface area (Å²) in [5.74, 6) is 1.04. The van der Waals surface area contributed by atoms with Crippen LogP contribution in [0.4, 0.5) is 0 Å². The van der Waals surface area contributed by atoms with Gasteiger partial charge in [0.1, 0.15) is 0 Å². The van der Waals surface area contributed by atoms with E-state index >= 15 is 0 Å². The maximum atomic E-state index is 3.40. The summed E-state index contributed by atoms with van der Waals surface area (Å²) in [7, 11) is 0. The normalized spacial score (nSPS) is 18.8.